The Hall–Kier alpha value is -3.20. The van der Waals surface area contributed by atoms with E-state index in [1.54, 1.807) is 10.9 Å². The minimum Gasteiger partial charge on any atom is -0.294 e. The Balaban J connectivity index is 1.66. The molecular formula is C18H15N5O. The molecule has 0 amide bonds. The number of fused-ring (bicyclic) bond motifs is 1. The van der Waals surface area contributed by atoms with Crippen LogP contribution in [-0.4, -0.2) is 25.3 Å². The average Bonchev–Trinajstić information content (AvgIpc) is 3.22. The molecule has 0 N–H and O–H groups in total. The quantitative estimate of drug-likeness (QED) is 0.743. The number of nitrogens with zero attached hydrogens (tertiary/aromatic N) is 5. The molecule has 4 rings (SSSR count). The summed E-state index contributed by atoms with van der Waals surface area (Å²) in [4.78, 5) is 12.1. The molecule has 3 aromatic rings. The number of carbonyl (C=O) groups is 1. The monoisotopic (exact) mass is 317 g/mol. The fraction of sp³-hybridized carbons (Fsp3) is 0.222. The SMILES string of the molecule is N#Cc1nn(Cc2cnn(-c3ccccc3)c2)c2c1C(=O)CCC2. The summed E-state index contributed by atoms with van der Waals surface area (Å²) in [5.41, 5.74) is 3.59. The molecule has 0 fully saturated rings. The molecule has 0 atom stereocenters. The van der Waals surface area contributed by atoms with Gasteiger partial charge in [-0.3, -0.25) is 9.48 Å². The van der Waals surface area contributed by atoms with Crippen LogP contribution in [0, 0.1) is 11.3 Å². The number of benzene rings is 1. The van der Waals surface area contributed by atoms with E-state index in [0.717, 1.165) is 29.8 Å². The summed E-state index contributed by atoms with van der Waals surface area (Å²) < 4.78 is 3.58. The molecule has 0 saturated heterocycles. The van der Waals surface area contributed by atoms with Crippen LogP contribution in [0.3, 0.4) is 0 Å². The van der Waals surface area contributed by atoms with Gasteiger partial charge in [0.2, 0.25) is 0 Å². The van der Waals surface area contributed by atoms with E-state index in [-0.39, 0.29) is 11.5 Å². The highest BCUT2D eigenvalue weighted by atomic mass is 16.1. The third-order valence-corrected chi connectivity index (χ3v) is 4.25. The zero-order valence-electron chi connectivity index (χ0n) is 13.0. The van der Waals surface area contributed by atoms with Gasteiger partial charge in [0.15, 0.2) is 11.5 Å². The largest absolute Gasteiger partial charge is 0.294 e. The van der Waals surface area contributed by atoms with Gasteiger partial charge in [-0.25, -0.2) is 4.68 Å². The lowest BCUT2D eigenvalue weighted by Crippen LogP contribution is -2.14. The van der Waals surface area contributed by atoms with Crippen LogP contribution >= 0.6 is 0 Å². The van der Waals surface area contributed by atoms with Crippen molar-refractivity contribution >= 4 is 5.78 Å². The van der Waals surface area contributed by atoms with Crippen LogP contribution in [0.15, 0.2) is 42.7 Å². The lowest BCUT2D eigenvalue weighted by Gasteiger charge is -2.12. The van der Waals surface area contributed by atoms with Gasteiger partial charge in [-0.1, -0.05) is 18.2 Å². The lowest BCUT2D eigenvalue weighted by molar-refractivity contribution is 0.0971. The van der Waals surface area contributed by atoms with Crippen molar-refractivity contribution < 1.29 is 4.79 Å². The number of carbonyl (C=O) groups excluding carboxylic acids is 1. The van der Waals surface area contributed by atoms with Gasteiger partial charge in [-0.15, -0.1) is 0 Å². The number of nitriles is 1. The molecule has 0 radical (unpaired) electrons. The molecule has 1 aromatic carbocycles. The van der Waals surface area contributed by atoms with E-state index in [2.05, 4.69) is 10.2 Å². The fourth-order valence-electron chi connectivity index (χ4n) is 3.13. The van der Waals surface area contributed by atoms with Crippen molar-refractivity contribution in [2.45, 2.75) is 25.8 Å². The van der Waals surface area contributed by atoms with Gasteiger partial charge in [-0.05, 0) is 25.0 Å². The summed E-state index contributed by atoms with van der Waals surface area (Å²) in [5, 5.41) is 18.0. The van der Waals surface area contributed by atoms with Crippen molar-refractivity contribution in [3.63, 3.8) is 0 Å². The lowest BCUT2D eigenvalue weighted by atomic mass is 9.94. The van der Waals surface area contributed by atoms with Crippen molar-refractivity contribution in [3.05, 3.63) is 65.2 Å². The third-order valence-electron chi connectivity index (χ3n) is 4.25. The summed E-state index contributed by atoms with van der Waals surface area (Å²) in [5.74, 6) is 0.0269. The standard InChI is InChI=1S/C18H15N5O/c19-9-15-18-16(7-4-8-17(18)24)23(21-15)12-13-10-20-22(11-13)14-5-2-1-3-6-14/h1-3,5-6,10-11H,4,7-8,12H2. The Morgan fingerprint density at radius 2 is 2.04 bits per heavy atom. The molecule has 0 saturated carbocycles. The molecule has 6 nitrogen and oxygen atoms in total. The van der Waals surface area contributed by atoms with Gasteiger partial charge in [0.05, 0.1) is 29.7 Å². The van der Waals surface area contributed by atoms with E-state index in [0.29, 0.717) is 18.5 Å². The number of para-hydroxylation sites is 1. The molecule has 2 heterocycles. The van der Waals surface area contributed by atoms with E-state index < -0.39 is 0 Å². The van der Waals surface area contributed by atoms with Crippen molar-refractivity contribution in [2.24, 2.45) is 0 Å². The van der Waals surface area contributed by atoms with Crippen molar-refractivity contribution in [2.75, 3.05) is 0 Å². The molecule has 118 valence electrons. The van der Waals surface area contributed by atoms with Crippen molar-refractivity contribution in [1.29, 1.82) is 5.26 Å². The number of aromatic nitrogens is 4. The van der Waals surface area contributed by atoms with Crippen LogP contribution in [0.2, 0.25) is 0 Å². The Labute approximate surface area is 138 Å². The van der Waals surface area contributed by atoms with Gasteiger partial charge < -0.3 is 0 Å². The van der Waals surface area contributed by atoms with Gasteiger partial charge >= 0.3 is 0 Å². The average molecular weight is 317 g/mol. The second-order valence-corrected chi connectivity index (χ2v) is 5.85. The van der Waals surface area contributed by atoms with Crippen LogP contribution in [0.4, 0.5) is 0 Å². The smallest absolute Gasteiger partial charge is 0.173 e. The number of rotatable bonds is 3. The normalized spacial score (nSPS) is 13.5. The van der Waals surface area contributed by atoms with E-state index in [9.17, 15) is 10.1 Å². The van der Waals surface area contributed by atoms with E-state index >= 15 is 0 Å². The second kappa shape index (κ2) is 5.78. The molecule has 0 unspecified atom stereocenters. The minimum atomic E-state index is 0.0269. The minimum absolute atomic E-state index is 0.0269. The number of hydrogen-bond acceptors (Lipinski definition) is 4. The zero-order valence-corrected chi connectivity index (χ0v) is 13.0. The first kappa shape index (κ1) is 14.4. The molecule has 6 heteroatoms. The summed E-state index contributed by atoms with van der Waals surface area (Å²) in [6.07, 6.45) is 5.82. The van der Waals surface area contributed by atoms with Crippen LogP contribution in [0.5, 0.6) is 0 Å². The Kier molecular flexibility index (Phi) is 3.47. The predicted molar refractivity (Wildman–Crippen MR) is 86.9 cm³/mol. The fourth-order valence-corrected chi connectivity index (χ4v) is 3.13. The summed E-state index contributed by atoms with van der Waals surface area (Å²) in [6.45, 7) is 0.504. The highest BCUT2D eigenvalue weighted by molar-refractivity contribution is 5.99. The topological polar surface area (TPSA) is 76.5 Å². The second-order valence-electron chi connectivity index (χ2n) is 5.85. The Morgan fingerprint density at radius 3 is 2.83 bits per heavy atom. The summed E-state index contributed by atoms with van der Waals surface area (Å²) in [6, 6.07) is 11.9. The van der Waals surface area contributed by atoms with Crippen LogP contribution in [0.25, 0.3) is 5.69 Å². The van der Waals surface area contributed by atoms with Gasteiger partial charge in [-0.2, -0.15) is 15.5 Å². The molecule has 0 bridgehead atoms. The maximum Gasteiger partial charge on any atom is 0.173 e. The number of Topliss-reactive ketones (excluding diaryl/α,β-unsaturated/α-hetero) is 1. The van der Waals surface area contributed by atoms with E-state index in [4.69, 9.17) is 0 Å². The predicted octanol–water partition coefficient (Wildman–Crippen LogP) is 2.51. The van der Waals surface area contributed by atoms with Crippen LogP contribution in [-0.2, 0) is 13.0 Å². The van der Waals surface area contributed by atoms with E-state index in [1.165, 1.54) is 0 Å². The molecule has 0 spiro atoms. The maximum absolute atomic E-state index is 12.1. The molecule has 1 aliphatic rings. The highest BCUT2D eigenvalue weighted by Gasteiger charge is 2.27. The van der Waals surface area contributed by atoms with Gasteiger partial charge in [0.1, 0.15) is 6.07 Å². The van der Waals surface area contributed by atoms with Crippen molar-refractivity contribution in [1.82, 2.24) is 19.6 Å². The molecule has 1 aliphatic carbocycles. The highest BCUT2D eigenvalue weighted by Crippen LogP contribution is 2.25. The number of hydrogen-bond donors (Lipinski definition) is 0. The molecule has 2 aromatic heterocycles. The molecule has 24 heavy (non-hydrogen) atoms. The van der Waals surface area contributed by atoms with Crippen LogP contribution in [0.1, 0.15) is 40.2 Å². The first-order valence-electron chi connectivity index (χ1n) is 7.88. The molecule has 0 aliphatic heterocycles. The number of ketones is 1. The molecular weight excluding hydrogens is 302 g/mol. The van der Waals surface area contributed by atoms with Gasteiger partial charge in [0.25, 0.3) is 0 Å². The van der Waals surface area contributed by atoms with Gasteiger partial charge in [0, 0.05) is 18.2 Å². The summed E-state index contributed by atoms with van der Waals surface area (Å²) >= 11 is 0. The van der Waals surface area contributed by atoms with Crippen molar-refractivity contribution in [3.8, 4) is 11.8 Å². The first-order chi connectivity index (χ1) is 11.8. The Bertz CT molecular complexity index is 946. The maximum atomic E-state index is 12.1. The third kappa shape index (κ3) is 2.40. The van der Waals surface area contributed by atoms with E-state index in [1.807, 2.05) is 47.3 Å². The Morgan fingerprint density at radius 1 is 1.21 bits per heavy atom. The van der Waals surface area contributed by atoms with Crippen LogP contribution < -0.4 is 0 Å². The zero-order chi connectivity index (χ0) is 16.5. The summed E-state index contributed by atoms with van der Waals surface area (Å²) in [7, 11) is 0. The first-order valence-corrected chi connectivity index (χ1v) is 7.88.